The summed E-state index contributed by atoms with van der Waals surface area (Å²) < 4.78 is 0. The van der Waals surface area contributed by atoms with Gasteiger partial charge in [0.05, 0.1) is 17.6 Å². The number of hydrogen-bond acceptors (Lipinski definition) is 4. The summed E-state index contributed by atoms with van der Waals surface area (Å²) in [6.07, 6.45) is 5.55. The van der Waals surface area contributed by atoms with Crippen molar-refractivity contribution in [2.75, 3.05) is 26.7 Å². The number of amides is 1. The molecule has 2 heterocycles. The molecule has 6 heteroatoms. The van der Waals surface area contributed by atoms with Gasteiger partial charge in [0, 0.05) is 30.2 Å². The number of likely N-dealkylation sites (N-methyl/N-ethyl adjacent to an activating group) is 1. The molecule has 0 spiro atoms. The Hall–Kier alpha value is -2.47. The quantitative estimate of drug-likeness (QED) is 0.882. The normalized spacial score (nSPS) is 19.6. The Balaban J connectivity index is 1.60. The van der Waals surface area contributed by atoms with Crippen LogP contribution in [-0.4, -0.2) is 64.5 Å². The molecule has 148 valence electrons. The fraction of sp³-hybridized carbons (Fsp3) is 0.500. The summed E-state index contributed by atoms with van der Waals surface area (Å²) in [5, 5.41) is 10.0. The first-order valence-electron chi connectivity index (χ1n) is 10.2. The van der Waals surface area contributed by atoms with Crippen LogP contribution in [0.2, 0.25) is 0 Å². The lowest BCUT2D eigenvalue weighted by atomic mass is 10.00. The van der Waals surface area contributed by atoms with Gasteiger partial charge in [-0.05, 0) is 57.2 Å². The van der Waals surface area contributed by atoms with Crippen LogP contribution in [-0.2, 0) is 17.6 Å². The molecular weight excluding hydrogens is 354 g/mol. The second kappa shape index (κ2) is 7.87. The van der Waals surface area contributed by atoms with Crippen LogP contribution in [0.3, 0.4) is 0 Å². The van der Waals surface area contributed by atoms with E-state index in [0.717, 1.165) is 72.8 Å². The molecule has 1 aliphatic carbocycles. The second-order valence-corrected chi connectivity index (χ2v) is 7.97. The molecule has 1 aromatic carbocycles. The van der Waals surface area contributed by atoms with Crippen molar-refractivity contribution in [2.45, 2.75) is 44.6 Å². The molecule has 6 nitrogen and oxygen atoms in total. The van der Waals surface area contributed by atoms with E-state index in [-0.39, 0.29) is 18.5 Å². The van der Waals surface area contributed by atoms with Crippen molar-refractivity contribution in [2.24, 2.45) is 0 Å². The van der Waals surface area contributed by atoms with Crippen LogP contribution >= 0.6 is 0 Å². The summed E-state index contributed by atoms with van der Waals surface area (Å²) in [4.78, 5) is 33.2. The molecule has 1 amide bonds. The van der Waals surface area contributed by atoms with Crippen LogP contribution in [0.4, 0.5) is 0 Å². The van der Waals surface area contributed by atoms with Gasteiger partial charge in [-0.25, -0.2) is 0 Å². The van der Waals surface area contributed by atoms with Gasteiger partial charge in [-0.2, -0.15) is 0 Å². The van der Waals surface area contributed by atoms with Crippen LogP contribution in [0.15, 0.2) is 24.3 Å². The molecule has 1 saturated heterocycles. The lowest BCUT2D eigenvalue weighted by molar-refractivity contribution is -0.138. The number of carbonyl (C=O) groups excluding carboxylic acids is 1. The van der Waals surface area contributed by atoms with E-state index in [1.807, 2.05) is 41.1 Å². The molecule has 1 atom stereocenters. The van der Waals surface area contributed by atoms with Crippen LogP contribution in [0.25, 0.3) is 10.9 Å². The van der Waals surface area contributed by atoms with Crippen LogP contribution in [0.1, 0.15) is 47.3 Å². The highest BCUT2D eigenvalue weighted by molar-refractivity contribution is 6.07. The van der Waals surface area contributed by atoms with Crippen molar-refractivity contribution >= 4 is 22.8 Å². The lowest BCUT2D eigenvalue weighted by Gasteiger charge is -2.26. The van der Waals surface area contributed by atoms with E-state index in [4.69, 9.17) is 10.1 Å². The van der Waals surface area contributed by atoms with E-state index >= 15 is 0 Å². The Labute approximate surface area is 165 Å². The Morgan fingerprint density at radius 3 is 2.82 bits per heavy atom. The molecule has 1 N–H and O–H groups in total. The monoisotopic (exact) mass is 381 g/mol. The maximum atomic E-state index is 13.6. The van der Waals surface area contributed by atoms with E-state index in [1.165, 1.54) is 0 Å². The molecule has 1 unspecified atom stereocenters. The molecule has 2 aromatic rings. The van der Waals surface area contributed by atoms with E-state index in [0.29, 0.717) is 6.54 Å². The zero-order valence-corrected chi connectivity index (χ0v) is 16.4. The molecule has 28 heavy (non-hydrogen) atoms. The van der Waals surface area contributed by atoms with E-state index in [9.17, 15) is 9.59 Å². The van der Waals surface area contributed by atoms with Crippen LogP contribution in [0.5, 0.6) is 0 Å². The number of aliphatic carboxylic acids is 1. The number of likely N-dealkylation sites (tertiary alicyclic amines) is 1. The minimum absolute atomic E-state index is 0.0428. The van der Waals surface area contributed by atoms with Gasteiger partial charge in [0.25, 0.3) is 5.91 Å². The van der Waals surface area contributed by atoms with E-state index < -0.39 is 5.97 Å². The van der Waals surface area contributed by atoms with Gasteiger partial charge in [0.2, 0.25) is 0 Å². The fourth-order valence-corrected chi connectivity index (χ4v) is 4.68. The van der Waals surface area contributed by atoms with Gasteiger partial charge >= 0.3 is 5.97 Å². The number of aryl methyl sites for hydroxylation is 1. The van der Waals surface area contributed by atoms with Crippen molar-refractivity contribution in [3.63, 3.8) is 0 Å². The molecule has 0 bridgehead atoms. The molecule has 1 aromatic heterocycles. The average Bonchev–Trinajstić information content (AvgIpc) is 2.99. The number of nitrogens with zero attached hydrogens (tertiary/aromatic N) is 3. The third-order valence-corrected chi connectivity index (χ3v) is 6.13. The Morgan fingerprint density at radius 2 is 2.00 bits per heavy atom. The number of carboxylic acid groups (broad SMARTS) is 1. The largest absolute Gasteiger partial charge is 0.480 e. The van der Waals surface area contributed by atoms with Crippen molar-refractivity contribution in [1.82, 2.24) is 14.8 Å². The van der Waals surface area contributed by atoms with Gasteiger partial charge in [-0.1, -0.05) is 18.2 Å². The smallest absolute Gasteiger partial charge is 0.317 e. The van der Waals surface area contributed by atoms with Crippen molar-refractivity contribution < 1.29 is 14.7 Å². The number of fused-ring (bicyclic) bond motifs is 2. The molecular formula is C22H27N3O3. The van der Waals surface area contributed by atoms with Crippen LogP contribution < -0.4 is 0 Å². The molecule has 1 fully saturated rings. The van der Waals surface area contributed by atoms with E-state index in [2.05, 4.69) is 0 Å². The molecule has 0 radical (unpaired) electrons. The number of carbonyl (C=O) groups is 2. The maximum Gasteiger partial charge on any atom is 0.317 e. The van der Waals surface area contributed by atoms with Crippen molar-refractivity contribution in [3.8, 4) is 0 Å². The highest BCUT2D eigenvalue weighted by Crippen LogP contribution is 2.31. The van der Waals surface area contributed by atoms with Gasteiger partial charge in [0.1, 0.15) is 0 Å². The summed E-state index contributed by atoms with van der Waals surface area (Å²) >= 11 is 0. The first kappa shape index (κ1) is 18.9. The summed E-state index contributed by atoms with van der Waals surface area (Å²) in [6.45, 7) is 1.43. The van der Waals surface area contributed by atoms with Gasteiger partial charge < -0.3 is 10.0 Å². The zero-order chi connectivity index (χ0) is 19.7. The predicted octanol–water partition coefficient (Wildman–Crippen LogP) is 2.73. The van der Waals surface area contributed by atoms with Crippen LogP contribution in [0, 0.1) is 0 Å². The lowest BCUT2D eigenvalue weighted by Crippen LogP contribution is -2.37. The van der Waals surface area contributed by atoms with E-state index in [1.54, 1.807) is 0 Å². The highest BCUT2D eigenvalue weighted by atomic mass is 16.4. The summed E-state index contributed by atoms with van der Waals surface area (Å²) in [7, 11) is 1.86. The Morgan fingerprint density at radius 1 is 1.18 bits per heavy atom. The minimum Gasteiger partial charge on any atom is -0.480 e. The topological polar surface area (TPSA) is 73.7 Å². The fourth-order valence-electron chi connectivity index (χ4n) is 4.68. The first-order chi connectivity index (χ1) is 13.5. The SMILES string of the molecule is CN(CC(=O)O)C1CCCN(C(=O)c2c3c(nc4ccccc24)CCC3)CC1. The van der Waals surface area contributed by atoms with Crippen molar-refractivity contribution in [1.29, 1.82) is 0 Å². The zero-order valence-electron chi connectivity index (χ0n) is 16.4. The number of pyridine rings is 1. The third kappa shape index (κ3) is 3.61. The van der Waals surface area contributed by atoms with Crippen molar-refractivity contribution in [3.05, 3.63) is 41.1 Å². The highest BCUT2D eigenvalue weighted by Gasteiger charge is 2.29. The summed E-state index contributed by atoms with van der Waals surface area (Å²) in [6, 6.07) is 8.15. The average molecular weight is 381 g/mol. The summed E-state index contributed by atoms with van der Waals surface area (Å²) in [5.41, 5.74) is 3.96. The first-order valence-corrected chi connectivity index (χ1v) is 10.2. The summed E-state index contributed by atoms with van der Waals surface area (Å²) in [5.74, 6) is -0.697. The van der Waals surface area contributed by atoms with Gasteiger partial charge in [-0.3, -0.25) is 19.5 Å². The third-order valence-electron chi connectivity index (χ3n) is 6.13. The Bertz CT molecular complexity index is 911. The number of aromatic nitrogens is 1. The molecule has 0 saturated carbocycles. The van der Waals surface area contributed by atoms with Gasteiger partial charge in [0.15, 0.2) is 0 Å². The number of rotatable bonds is 4. The molecule has 4 rings (SSSR count). The maximum absolute atomic E-state index is 13.6. The Kier molecular flexibility index (Phi) is 5.31. The molecule has 2 aliphatic rings. The number of benzene rings is 1. The standard InChI is InChI=1S/C22H27N3O3/c1-24(14-20(26)27)15-6-5-12-25(13-11-15)22(28)21-16-7-2-3-9-18(16)23-19-10-4-8-17(19)21/h2-3,7,9,15H,4-6,8,10-14H2,1H3,(H,26,27). The molecule has 1 aliphatic heterocycles. The second-order valence-electron chi connectivity index (χ2n) is 7.97. The predicted molar refractivity (Wildman–Crippen MR) is 108 cm³/mol. The number of carboxylic acids is 1. The minimum atomic E-state index is -0.807. The number of hydrogen-bond donors (Lipinski definition) is 1. The van der Waals surface area contributed by atoms with Gasteiger partial charge in [-0.15, -0.1) is 0 Å². The number of para-hydroxylation sites is 1.